The molecule has 0 aliphatic heterocycles. The Bertz CT molecular complexity index is 590. The first-order chi connectivity index (χ1) is 9.44. The molecule has 7 heteroatoms. The smallest absolute Gasteiger partial charge is 0.258 e. The number of nitrogens with one attached hydrogen (secondary N) is 1. The highest BCUT2D eigenvalue weighted by atomic mass is 32.1. The Hall–Kier alpha value is -1.86. The number of methoxy groups -OCH3 is 1. The lowest BCUT2D eigenvalue weighted by molar-refractivity contribution is 0.0556. The fraction of sp³-hybridized carbons (Fsp3) is 0.385. The molecule has 0 aliphatic carbocycles. The number of aryl methyl sites for hydroxylation is 1. The van der Waals surface area contributed by atoms with Gasteiger partial charge in [0.1, 0.15) is 11.2 Å². The van der Waals surface area contributed by atoms with Gasteiger partial charge in [-0.15, -0.1) is 16.4 Å². The van der Waals surface area contributed by atoms with Gasteiger partial charge < -0.3 is 15.2 Å². The second-order valence-electron chi connectivity index (χ2n) is 4.66. The van der Waals surface area contributed by atoms with Crippen LogP contribution in [0.2, 0.25) is 0 Å². The maximum absolute atomic E-state index is 12.1. The minimum absolute atomic E-state index is 0.115. The molecule has 108 valence electrons. The first-order valence-electron chi connectivity index (χ1n) is 6.06. The van der Waals surface area contributed by atoms with Crippen molar-refractivity contribution < 1.29 is 14.6 Å². The summed E-state index contributed by atoms with van der Waals surface area (Å²) < 4.78 is 6.54. The molecule has 0 aliphatic rings. The van der Waals surface area contributed by atoms with Gasteiger partial charge in [0.15, 0.2) is 0 Å². The molecule has 0 aromatic carbocycles. The Balaban J connectivity index is 2.05. The van der Waals surface area contributed by atoms with E-state index in [-0.39, 0.29) is 18.3 Å². The van der Waals surface area contributed by atoms with Crippen LogP contribution in [0, 0.1) is 0 Å². The first kappa shape index (κ1) is 14.5. The van der Waals surface area contributed by atoms with Crippen molar-refractivity contribution in [2.75, 3.05) is 13.7 Å². The standard InChI is InChI=1S/C13H17N3O3S/c1-13(18,10-5-4-6-20-10)8-14-11(17)9-7-16(2)15-12(9)19-3/h4-7,18H,8H2,1-3H3,(H,14,17)/t13-/m1/s1. The van der Waals surface area contributed by atoms with E-state index in [2.05, 4.69) is 10.4 Å². The van der Waals surface area contributed by atoms with Crippen LogP contribution in [-0.4, -0.2) is 34.4 Å². The summed E-state index contributed by atoms with van der Waals surface area (Å²) in [6, 6.07) is 3.70. The summed E-state index contributed by atoms with van der Waals surface area (Å²) in [6.45, 7) is 1.78. The van der Waals surface area contributed by atoms with Gasteiger partial charge in [-0.2, -0.15) is 0 Å². The van der Waals surface area contributed by atoms with Crippen molar-refractivity contribution in [1.29, 1.82) is 0 Å². The average molecular weight is 295 g/mol. The van der Waals surface area contributed by atoms with Gasteiger partial charge in [-0.05, 0) is 18.4 Å². The zero-order valence-electron chi connectivity index (χ0n) is 11.6. The Kier molecular flexibility index (Phi) is 4.10. The van der Waals surface area contributed by atoms with Crippen LogP contribution in [-0.2, 0) is 12.6 Å². The predicted octanol–water partition coefficient (Wildman–Crippen LogP) is 1.13. The van der Waals surface area contributed by atoms with Crippen molar-refractivity contribution in [3.8, 4) is 5.88 Å². The van der Waals surface area contributed by atoms with E-state index in [1.165, 1.54) is 23.1 Å². The summed E-state index contributed by atoms with van der Waals surface area (Å²) >= 11 is 1.45. The summed E-state index contributed by atoms with van der Waals surface area (Å²) in [4.78, 5) is 12.9. The fourth-order valence-electron chi connectivity index (χ4n) is 1.79. The molecule has 0 radical (unpaired) electrons. The lowest BCUT2D eigenvalue weighted by atomic mass is 10.1. The monoisotopic (exact) mass is 295 g/mol. The maximum Gasteiger partial charge on any atom is 0.258 e. The van der Waals surface area contributed by atoms with Gasteiger partial charge in [-0.1, -0.05) is 6.07 Å². The van der Waals surface area contributed by atoms with Crippen LogP contribution in [0.15, 0.2) is 23.7 Å². The molecule has 2 N–H and O–H groups in total. The Morgan fingerprint density at radius 1 is 1.65 bits per heavy atom. The zero-order chi connectivity index (χ0) is 14.8. The number of amides is 1. The summed E-state index contributed by atoms with van der Waals surface area (Å²) in [6.07, 6.45) is 1.58. The van der Waals surface area contributed by atoms with Crippen molar-refractivity contribution in [3.63, 3.8) is 0 Å². The number of rotatable bonds is 5. The van der Waals surface area contributed by atoms with Crippen LogP contribution in [0.3, 0.4) is 0 Å². The molecule has 2 aromatic heterocycles. The molecular formula is C13H17N3O3S. The second kappa shape index (κ2) is 5.64. The molecule has 0 bridgehead atoms. The predicted molar refractivity (Wildman–Crippen MR) is 76.0 cm³/mol. The highest BCUT2D eigenvalue weighted by molar-refractivity contribution is 7.10. The Labute approximate surface area is 121 Å². The molecular weight excluding hydrogens is 278 g/mol. The van der Waals surface area contributed by atoms with E-state index in [1.807, 2.05) is 17.5 Å². The third-order valence-electron chi connectivity index (χ3n) is 2.88. The largest absolute Gasteiger partial charge is 0.479 e. The van der Waals surface area contributed by atoms with Crippen molar-refractivity contribution in [2.45, 2.75) is 12.5 Å². The summed E-state index contributed by atoms with van der Waals surface area (Å²) in [5, 5.41) is 18.9. The lowest BCUT2D eigenvalue weighted by Crippen LogP contribution is -2.38. The number of aromatic nitrogens is 2. The van der Waals surface area contributed by atoms with Crippen molar-refractivity contribution in [1.82, 2.24) is 15.1 Å². The van der Waals surface area contributed by atoms with Crippen LogP contribution in [0.1, 0.15) is 22.2 Å². The molecule has 0 saturated carbocycles. The Morgan fingerprint density at radius 2 is 2.40 bits per heavy atom. The van der Waals surface area contributed by atoms with E-state index in [9.17, 15) is 9.90 Å². The van der Waals surface area contributed by atoms with Gasteiger partial charge in [0, 0.05) is 18.1 Å². The zero-order valence-corrected chi connectivity index (χ0v) is 12.4. The van der Waals surface area contributed by atoms with Crippen LogP contribution in [0.5, 0.6) is 5.88 Å². The van der Waals surface area contributed by atoms with E-state index in [1.54, 1.807) is 20.2 Å². The van der Waals surface area contributed by atoms with E-state index >= 15 is 0 Å². The number of hydrogen-bond acceptors (Lipinski definition) is 5. The molecule has 1 amide bonds. The molecule has 1 atom stereocenters. The van der Waals surface area contributed by atoms with E-state index in [0.717, 1.165) is 4.88 Å². The van der Waals surface area contributed by atoms with Crippen LogP contribution < -0.4 is 10.1 Å². The van der Waals surface area contributed by atoms with E-state index < -0.39 is 5.60 Å². The average Bonchev–Trinajstić information content (AvgIpc) is 3.05. The van der Waals surface area contributed by atoms with Crippen molar-refractivity contribution in [2.24, 2.45) is 7.05 Å². The van der Waals surface area contributed by atoms with E-state index in [4.69, 9.17) is 4.74 Å². The quantitative estimate of drug-likeness (QED) is 0.867. The number of aliphatic hydroxyl groups is 1. The minimum atomic E-state index is -1.10. The second-order valence-corrected chi connectivity index (χ2v) is 5.61. The van der Waals surface area contributed by atoms with Crippen molar-refractivity contribution in [3.05, 3.63) is 34.2 Å². The lowest BCUT2D eigenvalue weighted by Gasteiger charge is -2.22. The van der Waals surface area contributed by atoms with Gasteiger partial charge in [0.05, 0.1) is 13.7 Å². The summed E-state index contributed by atoms with van der Waals surface area (Å²) in [5.74, 6) is -0.0625. The number of hydrogen-bond donors (Lipinski definition) is 2. The van der Waals surface area contributed by atoms with Gasteiger partial charge in [-0.3, -0.25) is 9.48 Å². The molecule has 0 saturated heterocycles. The van der Waals surface area contributed by atoms with Gasteiger partial charge in [0.25, 0.3) is 5.91 Å². The molecule has 2 aromatic rings. The third-order valence-corrected chi connectivity index (χ3v) is 4.00. The summed E-state index contributed by atoms with van der Waals surface area (Å²) in [7, 11) is 3.17. The number of ether oxygens (including phenoxy) is 1. The van der Waals surface area contributed by atoms with Crippen LogP contribution >= 0.6 is 11.3 Å². The van der Waals surface area contributed by atoms with Crippen LogP contribution in [0.25, 0.3) is 0 Å². The Morgan fingerprint density at radius 3 is 3.00 bits per heavy atom. The van der Waals surface area contributed by atoms with Gasteiger partial charge in [0.2, 0.25) is 5.88 Å². The SMILES string of the molecule is COc1nn(C)cc1C(=O)NC[C@@](C)(O)c1cccs1. The number of carbonyl (C=O) groups excluding carboxylic acids is 1. The molecule has 2 heterocycles. The summed E-state index contributed by atoms with van der Waals surface area (Å²) in [5.41, 5.74) is -0.754. The molecule has 0 spiro atoms. The normalized spacial score (nSPS) is 13.8. The highest BCUT2D eigenvalue weighted by Crippen LogP contribution is 2.24. The molecule has 6 nitrogen and oxygen atoms in total. The minimum Gasteiger partial charge on any atom is -0.479 e. The van der Waals surface area contributed by atoms with Gasteiger partial charge in [-0.25, -0.2) is 0 Å². The fourth-order valence-corrected chi connectivity index (χ4v) is 2.58. The third kappa shape index (κ3) is 3.00. The number of thiophene rings is 1. The molecule has 0 fully saturated rings. The topological polar surface area (TPSA) is 76.4 Å². The maximum atomic E-state index is 12.1. The van der Waals surface area contributed by atoms with E-state index in [0.29, 0.717) is 5.56 Å². The number of carbonyl (C=O) groups is 1. The highest BCUT2D eigenvalue weighted by Gasteiger charge is 2.26. The molecule has 0 unspecified atom stereocenters. The molecule has 20 heavy (non-hydrogen) atoms. The van der Waals surface area contributed by atoms with Crippen molar-refractivity contribution >= 4 is 17.2 Å². The van der Waals surface area contributed by atoms with Crippen LogP contribution in [0.4, 0.5) is 0 Å². The molecule has 2 rings (SSSR count). The number of nitrogens with zero attached hydrogens (tertiary/aromatic N) is 2. The first-order valence-corrected chi connectivity index (χ1v) is 6.94. The van der Waals surface area contributed by atoms with Gasteiger partial charge >= 0.3 is 0 Å².